The molecule has 8 heteroatoms. The number of aromatic nitrogens is 4. The van der Waals surface area contributed by atoms with Crippen LogP contribution in [0.15, 0.2) is 16.6 Å². The lowest BCUT2D eigenvalue weighted by molar-refractivity contribution is 0.223. The van der Waals surface area contributed by atoms with Gasteiger partial charge in [-0.15, -0.1) is 0 Å². The average Bonchev–Trinajstić information content (AvgIpc) is 2.85. The molecule has 0 saturated heterocycles. The summed E-state index contributed by atoms with van der Waals surface area (Å²) < 4.78 is 14.0. The van der Waals surface area contributed by atoms with Gasteiger partial charge in [-0.1, -0.05) is 21.0 Å². The summed E-state index contributed by atoms with van der Waals surface area (Å²) in [5, 5.41) is 14.5. The van der Waals surface area contributed by atoms with Crippen LogP contribution in [0.2, 0.25) is 0 Å². The Hall–Kier alpha value is -1.83. The van der Waals surface area contributed by atoms with E-state index in [2.05, 4.69) is 36.8 Å². The maximum absolute atomic E-state index is 5.79. The molecule has 0 aliphatic heterocycles. The molecular weight excluding hydrogens is 350 g/mol. The third-order valence-electron chi connectivity index (χ3n) is 2.83. The SMILES string of the molecule is CCOc1cc(CNc2nnnn2C)c(Br)cc1OC(C)C. The molecule has 0 fully saturated rings. The van der Waals surface area contributed by atoms with Gasteiger partial charge in [-0.25, -0.2) is 4.68 Å². The number of anilines is 1. The van der Waals surface area contributed by atoms with Crippen molar-refractivity contribution in [1.29, 1.82) is 0 Å². The second-order valence-corrected chi connectivity index (χ2v) is 5.82. The Morgan fingerprint density at radius 3 is 2.68 bits per heavy atom. The first kappa shape index (κ1) is 16.5. The Bertz CT molecular complexity index is 630. The predicted octanol–water partition coefficient (Wildman–Crippen LogP) is 2.77. The van der Waals surface area contributed by atoms with Gasteiger partial charge in [-0.3, -0.25) is 0 Å². The average molecular weight is 370 g/mol. The first-order valence-electron chi connectivity index (χ1n) is 7.09. The van der Waals surface area contributed by atoms with Crippen molar-refractivity contribution in [3.63, 3.8) is 0 Å². The van der Waals surface area contributed by atoms with E-state index < -0.39 is 0 Å². The van der Waals surface area contributed by atoms with Crippen molar-refractivity contribution in [2.45, 2.75) is 33.4 Å². The maximum Gasteiger partial charge on any atom is 0.242 e. The third-order valence-corrected chi connectivity index (χ3v) is 3.57. The lowest BCUT2D eigenvalue weighted by Gasteiger charge is -2.17. The first-order chi connectivity index (χ1) is 10.5. The monoisotopic (exact) mass is 369 g/mol. The van der Waals surface area contributed by atoms with Crippen molar-refractivity contribution in [2.75, 3.05) is 11.9 Å². The first-order valence-corrected chi connectivity index (χ1v) is 7.88. The number of halogens is 1. The van der Waals surface area contributed by atoms with Crippen molar-refractivity contribution in [2.24, 2.45) is 7.05 Å². The summed E-state index contributed by atoms with van der Waals surface area (Å²) >= 11 is 3.57. The van der Waals surface area contributed by atoms with Crippen LogP contribution in [0.5, 0.6) is 11.5 Å². The number of tetrazole rings is 1. The van der Waals surface area contributed by atoms with E-state index in [0.29, 0.717) is 19.1 Å². The van der Waals surface area contributed by atoms with E-state index in [-0.39, 0.29) is 6.10 Å². The van der Waals surface area contributed by atoms with Gasteiger partial charge >= 0.3 is 0 Å². The van der Waals surface area contributed by atoms with Gasteiger partial charge in [0.2, 0.25) is 5.95 Å². The minimum Gasteiger partial charge on any atom is -0.490 e. The molecule has 0 amide bonds. The molecule has 1 N–H and O–H groups in total. The summed E-state index contributed by atoms with van der Waals surface area (Å²) in [5.41, 5.74) is 1.03. The Morgan fingerprint density at radius 2 is 2.09 bits per heavy atom. The molecule has 0 aliphatic carbocycles. The standard InChI is InChI=1S/C14H20BrN5O2/c1-5-21-12-6-10(8-16-14-17-18-19-20(14)4)11(15)7-13(12)22-9(2)3/h6-7,9H,5,8H2,1-4H3,(H,16,17,19). The lowest BCUT2D eigenvalue weighted by atomic mass is 10.2. The zero-order chi connectivity index (χ0) is 16.1. The van der Waals surface area contributed by atoms with Gasteiger partial charge in [0.25, 0.3) is 0 Å². The van der Waals surface area contributed by atoms with Crippen molar-refractivity contribution >= 4 is 21.9 Å². The van der Waals surface area contributed by atoms with Crippen LogP contribution in [0.25, 0.3) is 0 Å². The molecule has 0 atom stereocenters. The van der Waals surface area contributed by atoms with E-state index >= 15 is 0 Å². The van der Waals surface area contributed by atoms with Gasteiger partial charge in [0.05, 0.1) is 12.7 Å². The summed E-state index contributed by atoms with van der Waals surface area (Å²) in [7, 11) is 1.78. The smallest absolute Gasteiger partial charge is 0.242 e. The molecule has 1 aromatic heterocycles. The number of nitrogens with one attached hydrogen (secondary N) is 1. The number of hydrogen-bond acceptors (Lipinski definition) is 6. The highest BCUT2D eigenvalue weighted by atomic mass is 79.9. The van der Waals surface area contributed by atoms with E-state index in [1.165, 1.54) is 0 Å². The van der Waals surface area contributed by atoms with Crippen molar-refractivity contribution < 1.29 is 9.47 Å². The molecule has 0 spiro atoms. The van der Waals surface area contributed by atoms with Gasteiger partial charge in [0.1, 0.15) is 0 Å². The van der Waals surface area contributed by atoms with Crippen molar-refractivity contribution in [3.8, 4) is 11.5 Å². The van der Waals surface area contributed by atoms with Gasteiger partial charge in [-0.05, 0) is 48.9 Å². The number of aryl methyl sites for hydroxylation is 1. The van der Waals surface area contributed by atoms with Crippen molar-refractivity contribution in [3.05, 3.63) is 22.2 Å². The Kier molecular flexibility index (Phi) is 5.59. The van der Waals surface area contributed by atoms with Gasteiger partial charge in [0.15, 0.2) is 11.5 Å². The fourth-order valence-electron chi connectivity index (χ4n) is 1.88. The number of nitrogens with zero attached hydrogens (tertiary/aromatic N) is 4. The van der Waals surface area contributed by atoms with Crippen LogP contribution in [-0.4, -0.2) is 32.9 Å². The topological polar surface area (TPSA) is 74.1 Å². The summed E-state index contributed by atoms with van der Waals surface area (Å²) in [4.78, 5) is 0. The van der Waals surface area contributed by atoms with Gasteiger partial charge in [-0.2, -0.15) is 0 Å². The molecule has 120 valence electrons. The summed E-state index contributed by atoms with van der Waals surface area (Å²) in [5.74, 6) is 2.06. The van der Waals surface area contributed by atoms with Crippen LogP contribution in [0.4, 0.5) is 5.95 Å². The van der Waals surface area contributed by atoms with Crippen LogP contribution in [-0.2, 0) is 13.6 Å². The van der Waals surface area contributed by atoms with Gasteiger partial charge < -0.3 is 14.8 Å². The highest BCUT2D eigenvalue weighted by Gasteiger charge is 2.13. The minimum absolute atomic E-state index is 0.0831. The Labute approximate surface area is 138 Å². The molecule has 2 aromatic rings. The van der Waals surface area contributed by atoms with E-state index in [9.17, 15) is 0 Å². The lowest BCUT2D eigenvalue weighted by Crippen LogP contribution is -2.09. The van der Waals surface area contributed by atoms with E-state index in [1.807, 2.05) is 32.9 Å². The molecule has 0 saturated carbocycles. The fraction of sp³-hybridized carbons (Fsp3) is 0.500. The zero-order valence-corrected chi connectivity index (χ0v) is 14.7. The molecule has 22 heavy (non-hydrogen) atoms. The quantitative estimate of drug-likeness (QED) is 0.808. The molecule has 0 radical (unpaired) electrons. The normalized spacial score (nSPS) is 10.8. The zero-order valence-electron chi connectivity index (χ0n) is 13.1. The molecule has 2 rings (SSSR count). The summed E-state index contributed by atoms with van der Waals surface area (Å²) in [6.45, 7) is 7.07. The molecule has 0 unspecified atom stereocenters. The van der Waals surface area contributed by atoms with Gasteiger partial charge in [0, 0.05) is 18.1 Å². The number of benzene rings is 1. The molecule has 1 heterocycles. The van der Waals surface area contributed by atoms with Crippen LogP contribution >= 0.6 is 15.9 Å². The predicted molar refractivity (Wildman–Crippen MR) is 87.2 cm³/mol. The summed E-state index contributed by atoms with van der Waals surface area (Å²) in [6, 6.07) is 3.89. The number of ether oxygens (including phenoxy) is 2. The number of rotatable bonds is 7. The molecule has 7 nitrogen and oxygen atoms in total. The highest BCUT2D eigenvalue weighted by Crippen LogP contribution is 2.34. The summed E-state index contributed by atoms with van der Waals surface area (Å²) in [6.07, 6.45) is 0.0831. The number of hydrogen-bond donors (Lipinski definition) is 1. The molecule has 1 aromatic carbocycles. The van der Waals surface area contributed by atoms with Crippen LogP contribution < -0.4 is 14.8 Å². The third kappa shape index (κ3) is 4.09. The van der Waals surface area contributed by atoms with Crippen molar-refractivity contribution in [1.82, 2.24) is 20.2 Å². The Morgan fingerprint density at radius 1 is 1.32 bits per heavy atom. The van der Waals surface area contributed by atoms with Crippen LogP contribution in [0.1, 0.15) is 26.3 Å². The second kappa shape index (κ2) is 7.44. The largest absolute Gasteiger partial charge is 0.490 e. The Balaban J connectivity index is 2.20. The van der Waals surface area contributed by atoms with Crippen LogP contribution in [0.3, 0.4) is 0 Å². The highest BCUT2D eigenvalue weighted by molar-refractivity contribution is 9.10. The molecule has 0 aliphatic rings. The second-order valence-electron chi connectivity index (χ2n) is 4.97. The van der Waals surface area contributed by atoms with E-state index in [0.717, 1.165) is 21.5 Å². The van der Waals surface area contributed by atoms with E-state index in [4.69, 9.17) is 9.47 Å². The van der Waals surface area contributed by atoms with Crippen LogP contribution in [0, 0.1) is 0 Å². The molecule has 0 bridgehead atoms. The maximum atomic E-state index is 5.79. The minimum atomic E-state index is 0.0831. The molecular formula is C14H20BrN5O2. The van der Waals surface area contributed by atoms with E-state index in [1.54, 1.807) is 11.7 Å². The fourth-order valence-corrected chi connectivity index (χ4v) is 2.34.